The van der Waals surface area contributed by atoms with Crippen LogP contribution in [0.1, 0.15) is 5.69 Å². The van der Waals surface area contributed by atoms with Crippen LogP contribution in [0.15, 0.2) is 34.9 Å². The Morgan fingerprint density at radius 2 is 2.20 bits per heavy atom. The fourth-order valence-corrected chi connectivity index (χ4v) is 1.60. The highest BCUT2D eigenvalue weighted by molar-refractivity contribution is 9.10. The van der Waals surface area contributed by atoms with Gasteiger partial charge in [0.1, 0.15) is 5.75 Å². The molecule has 2 rings (SSSR count). The lowest BCUT2D eigenvalue weighted by Crippen LogP contribution is -1.95. The number of benzene rings is 1. The van der Waals surface area contributed by atoms with Crippen molar-refractivity contribution in [1.29, 1.82) is 0 Å². The first-order chi connectivity index (χ1) is 7.20. The molecule has 0 unspecified atom stereocenters. The van der Waals surface area contributed by atoms with Gasteiger partial charge in [0.25, 0.3) is 0 Å². The highest BCUT2D eigenvalue weighted by Crippen LogP contribution is 2.19. The van der Waals surface area contributed by atoms with Crippen molar-refractivity contribution in [1.82, 2.24) is 9.78 Å². The van der Waals surface area contributed by atoms with Gasteiger partial charge < -0.3 is 4.74 Å². The summed E-state index contributed by atoms with van der Waals surface area (Å²) in [7, 11) is 1.66. The molecule has 0 fully saturated rings. The summed E-state index contributed by atoms with van der Waals surface area (Å²) in [5.41, 5.74) is 1.96. The zero-order chi connectivity index (χ0) is 10.8. The molecule has 0 saturated heterocycles. The van der Waals surface area contributed by atoms with Crippen LogP contribution in [0.5, 0.6) is 5.75 Å². The van der Waals surface area contributed by atoms with E-state index < -0.39 is 0 Å². The number of hydrogen-bond acceptors (Lipinski definition) is 2. The second-order valence-corrected chi connectivity index (χ2v) is 4.06. The summed E-state index contributed by atoms with van der Waals surface area (Å²) in [5.74, 6) is 0.830. The van der Waals surface area contributed by atoms with Crippen LogP contribution in [0.25, 0.3) is 5.69 Å². The highest BCUT2D eigenvalue weighted by atomic mass is 79.9. The van der Waals surface area contributed by atoms with Gasteiger partial charge in [0.2, 0.25) is 0 Å². The summed E-state index contributed by atoms with van der Waals surface area (Å²) >= 11 is 3.43. The van der Waals surface area contributed by atoms with E-state index >= 15 is 0 Å². The Hall–Kier alpha value is -1.29. The fourth-order valence-electron chi connectivity index (χ4n) is 1.32. The third kappa shape index (κ3) is 2.04. The molecule has 0 amide bonds. The van der Waals surface area contributed by atoms with Gasteiger partial charge in [-0.1, -0.05) is 6.07 Å². The van der Waals surface area contributed by atoms with Crippen LogP contribution in [0.2, 0.25) is 0 Å². The van der Waals surface area contributed by atoms with Gasteiger partial charge in [0.15, 0.2) is 0 Å². The molecular formula is C11H11BrN2O. The molecule has 4 heteroatoms. The molecule has 2 aromatic rings. The molecule has 78 valence electrons. The maximum Gasteiger partial charge on any atom is 0.121 e. The topological polar surface area (TPSA) is 27.1 Å². The van der Waals surface area contributed by atoms with E-state index in [9.17, 15) is 0 Å². The maximum absolute atomic E-state index is 5.16. The molecule has 0 radical (unpaired) electrons. The predicted molar refractivity (Wildman–Crippen MR) is 62.6 cm³/mol. The normalized spacial score (nSPS) is 10.3. The number of hydrogen-bond donors (Lipinski definition) is 0. The molecular weight excluding hydrogens is 256 g/mol. The summed E-state index contributed by atoms with van der Waals surface area (Å²) in [6.45, 7) is 1.96. The van der Waals surface area contributed by atoms with Crippen LogP contribution in [0.4, 0.5) is 0 Å². The monoisotopic (exact) mass is 266 g/mol. The molecule has 1 aromatic carbocycles. The zero-order valence-electron chi connectivity index (χ0n) is 8.57. The second-order valence-electron chi connectivity index (χ2n) is 3.21. The van der Waals surface area contributed by atoms with Crippen molar-refractivity contribution < 1.29 is 4.74 Å². The molecule has 15 heavy (non-hydrogen) atoms. The van der Waals surface area contributed by atoms with Crippen LogP contribution in [0, 0.1) is 6.92 Å². The van der Waals surface area contributed by atoms with E-state index in [0.717, 1.165) is 21.6 Å². The van der Waals surface area contributed by atoms with Crippen LogP contribution in [-0.2, 0) is 0 Å². The molecule has 0 atom stereocenters. The SMILES string of the molecule is COc1cccc(-n2cc(Br)c(C)n2)c1. The van der Waals surface area contributed by atoms with Crippen molar-refractivity contribution in [3.63, 3.8) is 0 Å². The van der Waals surface area contributed by atoms with Crippen LogP contribution >= 0.6 is 15.9 Å². The van der Waals surface area contributed by atoms with Crippen molar-refractivity contribution in [2.24, 2.45) is 0 Å². The number of halogens is 1. The van der Waals surface area contributed by atoms with Gasteiger partial charge in [-0.05, 0) is 35.0 Å². The lowest BCUT2D eigenvalue weighted by atomic mass is 10.3. The smallest absolute Gasteiger partial charge is 0.121 e. The van der Waals surface area contributed by atoms with Crippen LogP contribution in [0.3, 0.4) is 0 Å². The van der Waals surface area contributed by atoms with E-state index in [-0.39, 0.29) is 0 Å². The van der Waals surface area contributed by atoms with Crippen molar-refractivity contribution in [2.45, 2.75) is 6.92 Å². The number of ether oxygens (including phenoxy) is 1. The van der Waals surface area contributed by atoms with Crippen molar-refractivity contribution in [3.05, 3.63) is 40.6 Å². The third-order valence-electron chi connectivity index (χ3n) is 2.16. The first-order valence-corrected chi connectivity index (χ1v) is 5.36. The average molecular weight is 267 g/mol. The first-order valence-electron chi connectivity index (χ1n) is 4.57. The summed E-state index contributed by atoms with van der Waals surface area (Å²) in [6.07, 6.45) is 1.93. The van der Waals surface area contributed by atoms with E-state index in [1.165, 1.54) is 0 Å². The van der Waals surface area contributed by atoms with E-state index in [2.05, 4.69) is 21.0 Å². The zero-order valence-corrected chi connectivity index (χ0v) is 10.2. The van der Waals surface area contributed by atoms with Gasteiger partial charge in [-0.25, -0.2) is 4.68 Å². The third-order valence-corrected chi connectivity index (χ3v) is 2.94. The average Bonchev–Trinajstić information content (AvgIpc) is 2.59. The number of aryl methyl sites for hydroxylation is 1. The van der Waals surface area contributed by atoms with Crippen LogP contribution in [-0.4, -0.2) is 16.9 Å². The highest BCUT2D eigenvalue weighted by Gasteiger charge is 2.03. The molecule has 0 saturated carbocycles. The van der Waals surface area contributed by atoms with Gasteiger partial charge >= 0.3 is 0 Å². The molecule has 1 aromatic heterocycles. The Labute approximate surface area is 96.8 Å². The van der Waals surface area contributed by atoms with Crippen LogP contribution < -0.4 is 4.74 Å². The van der Waals surface area contributed by atoms with Gasteiger partial charge in [-0.15, -0.1) is 0 Å². The number of nitrogens with zero attached hydrogens (tertiary/aromatic N) is 2. The fraction of sp³-hybridized carbons (Fsp3) is 0.182. The summed E-state index contributed by atoms with van der Waals surface area (Å²) in [6, 6.07) is 7.79. The Morgan fingerprint density at radius 1 is 1.40 bits per heavy atom. The van der Waals surface area contributed by atoms with Crippen molar-refractivity contribution in [2.75, 3.05) is 7.11 Å². The van der Waals surface area contributed by atoms with E-state index in [1.807, 2.05) is 42.1 Å². The van der Waals surface area contributed by atoms with Crippen molar-refractivity contribution >= 4 is 15.9 Å². The van der Waals surface area contributed by atoms with Gasteiger partial charge in [0, 0.05) is 12.3 Å². The molecule has 3 nitrogen and oxygen atoms in total. The minimum Gasteiger partial charge on any atom is -0.497 e. The van der Waals surface area contributed by atoms with Gasteiger partial charge in [-0.2, -0.15) is 5.10 Å². The number of aromatic nitrogens is 2. The summed E-state index contributed by atoms with van der Waals surface area (Å²) < 4.78 is 7.99. The Morgan fingerprint density at radius 3 is 2.80 bits per heavy atom. The van der Waals surface area contributed by atoms with E-state index in [4.69, 9.17) is 4.74 Å². The molecule has 0 spiro atoms. The standard InChI is InChI=1S/C11H11BrN2O/c1-8-11(12)7-14(13-8)9-4-3-5-10(6-9)15-2/h3-7H,1-2H3. The van der Waals surface area contributed by atoms with Gasteiger partial charge in [0.05, 0.1) is 23.0 Å². The maximum atomic E-state index is 5.16. The summed E-state index contributed by atoms with van der Waals surface area (Å²) in [4.78, 5) is 0. The lowest BCUT2D eigenvalue weighted by Gasteiger charge is -2.03. The molecule has 0 N–H and O–H groups in total. The van der Waals surface area contributed by atoms with Crippen molar-refractivity contribution in [3.8, 4) is 11.4 Å². The Bertz CT molecular complexity index is 460. The van der Waals surface area contributed by atoms with Gasteiger partial charge in [-0.3, -0.25) is 0 Å². The summed E-state index contributed by atoms with van der Waals surface area (Å²) in [5, 5.41) is 4.37. The molecule has 1 heterocycles. The predicted octanol–water partition coefficient (Wildman–Crippen LogP) is 2.95. The molecule has 0 bridgehead atoms. The number of rotatable bonds is 2. The molecule has 0 aliphatic heterocycles. The first kappa shape index (κ1) is 10.2. The number of methoxy groups -OCH3 is 1. The minimum absolute atomic E-state index is 0.830. The minimum atomic E-state index is 0.830. The second kappa shape index (κ2) is 4.06. The molecule has 0 aliphatic carbocycles. The Kier molecular flexibility index (Phi) is 2.77. The molecule has 0 aliphatic rings. The largest absolute Gasteiger partial charge is 0.497 e. The van der Waals surface area contributed by atoms with E-state index in [1.54, 1.807) is 7.11 Å². The quantitative estimate of drug-likeness (QED) is 0.836. The lowest BCUT2D eigenvalue weighted by molar-refractivity contribution is 0.414. The Balaban J connectivity index is 2.44. The van der Waals surface area contributed by atoms with E-state index in [0.29, 0.717) is 0 Å².